The van der Waals surface area contributed by atoms with E-state index in [1.165, 1.54) is 30.9 Å². The van der Waals surface area contributed by atoms with Crippen LogP contribution in [-0.4, -0.2) is 92.1 Å². The van der Waals surface area contributed by atoms with Crippen LogP contribution in [0.2, 0.25) is 0 Å². The third kappa shape index (κ3) is 9.33. The number of carbonyl (C=O) groups is 4. The molecule has 0 radical (unpaired) electrons. The van der Waals surface area contributed by atoms with Gasteiger partial charge in [-0.05, 0) is 150 Å². The molecule has 14 nitrogen and oxygen atoms in total. The number of hydrogen-bond acceptors (Lipinski definition) is 8. The molecule has 2 saturated carbocycles. The highest BCUT2D eigenvalue weighted by Gasteiger charge is 2.50. The lowest BCUT2D eigenvalue weighted by atomic mass is 9.84. The zero-order chi connectivity index (χ0) is 51.4. The molecular weight excluding hydrogens is 929 g/mol. The van der Waals surface area contributed by atoms with Gasteiger partial charge in [-0.1, -0.05) is 108 Å². The van der Waals surface area contributed by atoms with Crippen LogP contribution in [0.5, 0.6) is 0 Å². The lowest BCUT2D eigenvalue weighted by Gasteiger charge is -2.36. The van der Waals surface area contributed by atoms with Crippen LogP contribution in [0.25, 0.3) is 56.5 Å². The molecule has 6 aliphatic carbocycles. The minimum atomic E-state index is -0.701. The molecule has 386 valence electrons. The number of alkyl carbamates (subject to hydrolysis) is 2. The SMILES string of the molecule is COC(=O)N[C@H](C(=O)N1[C@H](c2nc3ccc(-c4cc5ccc4C=Cc4ccc(c(-c6ccc7nc([C@@H]8C[C@@H]9CCCC[C@@H]9N8C(=O)[C@@H](NC(=O)OC)C(C)C)[nH]c7c6)c4)CC5)cc3[nH]2)C[C@@H]2CCCC[C@@H]21)C(C)C. The van der Waals surface area contributed by atoms with E-state index in [1.807, 2.05) is 37.5 Å². The number of ether oxygens (including phenoxy) is 2. The van der Waals surface area contributed by atoms with Gasteiger partial charge in [-0.15, -0.1) is 0 Å². The number of aromatic nitrogens is 4. The Balaban J connectivity index is 0.868. The average molecular weight is 999 g/mol. The number of H-pyrrole nitrogens is 2. The van der Waals surface area contributed by atoms with Gasteiger partial charge in [0.2, 0.25) is 11.8 Å². The zero-order valence-corrected chi connectivity index (χ0v) is 43.6. The molecule has 4 amide bonds. The van der Waals surface area contributed by atoms with Crippen molar-refractivity contribution in [2.24, 2.45) is 23.7 Å². The molecule has 14 rings (SSSR count). The fourth-order valence-electron chi connectivity index (χ4n) is 13.3. The van der Waals surface area contributed by atoms with E-state index in [0.29, 0.717) is 11.8 Å². The Labute approximate surface area is 433 Å². The number of carbonyl (C=O) groups excluding carboxylic acids is 4. The molecule has 74 heavy (non-hydrogen) atoms. The highest BCUT2D eigenvalue weighted by atomic mass is 16.5. The summed E-state index contributed by atoms with van der Waals surface area (Å²) in [5.41, 5.74) is 12.8. The molecule has 2 aliphatic heterocycles. The van der Waals surface area contributed by atoms with Gasteiger partial charge >= 0.3 is 12.2 Å². The Hall–Kier alpha value is -6.96. The first-order chi connectivity index (χ1) is 35.8. The number of aromatic amines is 2. The number of benzene rings is 4. The van der Waals surface area contributed by atoms with Crippen molar-refractivity contribution in [3.63, 3.8) is 0 Å². The van der Waals surface area contributed by atoms with E-state index in [9.17, 15) is 19.2 Å². The first kappa shape index (κ1) is 49.3. The van der Waals surface area contributed by atoms with E-state index in [2.05, 4.69) is 106 Å². The summed E-state index contributed by atoms with van der Waals surface area (Å²) < 4.78 is 9.86. The molecule has 4 heterocycles. The highest BCUT2D eigenvalue weighted by Crippen LogP contribution is 2.48. The van der Waals surface area contributed by atoms with E-state index in [0.717, 1.165) is 139 Å². The summed E-state index contributed by atoms with van der Waals surface area (Å²) in [5, 5.41) is 5.67. The van der Waals surface area contributed by atoms with Gasteiger partial charge in [0.1, 0.15) is 23.7 Å². The third-order valence-corrected chi connectivity index (χ3v) is 17.1. The monoisotopic (exact) mass is 999 g/mol. The molecule has 8 aliphatic rings. The van der Waals surface area contributed by atoms with E-state index < -0.39 is 24.3 Å². The highest BCUT2D eigenvalue weighted by molar-refractivity contribution is 5.90. The van der Waals surface area contributed by atoms with Crippen LogP contribution in [0.4, 0.5) is 9.59 Å². The van der Waals surface area contributed by atoms with Gasteiger partial charge in [0.25, 0.3) is 0 Å². The number of rotatable bonds is 10. The summed E-state index contributed by atoms with van der Waals surface area (Å²) in [5.74, 6) is 1.98. The standard InChI is InChI=1S/C60H70N8O6/c1-33(2)53(65-59(71)73-5)57(69)67-49-13-9-7-11-41(49)31-51(67)55-61-45-25-23-39(29-47(45)63-55)43-27-35-15-19-37(43)21-17-36-16-20-38(22-18-35)44(28-36)40-24-26-46-48(30-40)64-56(62-46)52-32-42-12-8-10-14-50(42)68(52)58(70)54(34(3)4)66-60(72)74-6/h15-17,19-21,23-30,33-34,41-42,49-54H,7-14,18,22,31-32H2,1-6H3,(H,61,63)(H,62,64)(H,65,71)(H,66,72)/t41-,42-,49-,50-,51-,52-,53-,54-/m0/s1. The minimum Gasteiger partial charge on any atom is -0.453 e. The second-order valence-corrected chi connectivity index (χ2v) is 22.3. The molecule has 4 bridgehead atoms. The summed E-state index contributed by atoms with van der Waals surface area (Å²) in [6.45, 7) is 7.84. The van der Waals surface area contributed by atoms with E-state index in [4.69, 9.17) is 19.4 Å². The van der Waals surface area contributed by atoms with Gasteiger partial charge in [-0.2, -0.15) is 0 Å². The molecule has 0 spiro atoms. The van der Waals surface area contributed by atoms with Crippen LogP contribution in [0.3, 0.4) is 0 Å². The maximum absolute atomic E-state index is 14.5. The first-order valence-corrected chi connectivity index (χ1v) is 27.1. The van der Waals surface area contributed by atoms with Crippen LogP contribution in [0, 0.1) is 23.7 Å². The third-order valence-electron chi connectivity index (χ3n) is 17.1. The van der Waals surface area contributed by atoms with Crippen molar-refractivity contribution in [3.8, 4) is 22.3 Å². The van der Waals surface area contributed by atoms with Crippen molar-refractivity contribution >= 4 is 58.2 Å². The largest absolute Gasteiger partial charge is 0.453 e. The van der Waals surface area contributed by atoms with Crippen LogP contribution < -0.4 is 10.6 Å². The number of aryl methyl sites for hydroxylation is 2. The molecule has 8 atom stereocenters. The van der Waals surface area contributed by atoms with Gasteiger partial charge in [0.05, 0.1) is 48.4 Å². The van der Waals surface area contributed by atoms with E-state index in [-0.39, 0.29) is 47.8 Å². The Bertz CT molecular complexity index is 3150. The predicted octanol–water partition coefficient (Wildman–Crippen LogP) is 11.5. The smallest absolute Gasteiger partial charge is 0.407 e. The summed E-state index contributed by atoms with van der Waals surface area (Å²) in [4.78, 5) is 75.6. The maximum atomic E-state index is 14.5. The quantitative estimate of drug-likeness (QED) is 0.105. The Morgan fingerprint density at radius 1 is 0.595 bits per heavy atom. The molecule has 0 unspecified atom stereocenters. The van der Waals surface area contributed by atoms with Crippen molar-refractivity contribution in [2.75, 3.05) is 14.2 Å². The summed E-state index contributed by atoms with van der Waals surface area (Å²) in [6.07, 6.45) is 15.1. The number of fused-ring (bicyclic) bond motifs is 4. The second-order valence-electron chi connectivity index (χ2n) is 22.3. The zero-order valence-electron chi connectivity index (χ0n) is 43.6. The van der Waals surface area contributed by atoms with Crippen molar-refractivity contribution in [1.29, 1.82) is 0 Å². The Kier molecular flexibility index (Phi) is 13.6. The number of amides is 4. The fourth-order valence-corrected chi connectivity index (χ4v) is 13.3. The summed E-state index contributed by atoms with van der Waals surface area (Å²) in [7, 11) is 2.66. The number of nitrogens with one attached hydrogen (secondary N) is 4. The number of methoxy groups -OCH3 is 2. The number of nitrogens with zero attached hydrogens (tertiary/aromatic N) is 4. The van der Waals surface area contributed by atoms with E-state index in [1.54, 1.807) is 0 Å². The topological polar surface area (TPSA) is 175 Å². The molecule has 4 aromatic carbocycles. The maximum Gasteiger partial charge on any atom is 0.407 e. The van der Waals surface area contributed by atoms with Crippen molar-refractivity contribution < 1.29 is 28.7 Å². The molecule has 4 N–H and O–H groups in total. The van der Waals surface area contributed by atoms with E-state index >= 15 is 0 Å². The van der Waals surface area contributed by atoms with Crippen LogP contribution in [0.1, 0.15) is 138 Å². The normalized spacial score (nSPS) is 23.1. The van der Waals surface area contributed by atoms with Crippen molar-refractivity contribution in [1.82, 2.24) is 40.4 Å². The molecule has 6 aromatic rings. The average Bonchev–Trinajstić information content (AvgIpc) is 4.21. The van der Waals surface area contributed by atoms with Gasteiger partial charge in [-0.25, -0.2) is 19.6 Å². The van der Waals surface area contributed by atoms with Gasteiger partial charge in [0.15, 0.2) is 0 Å². The predicted molar refractivity (Wildman–Crippen MR) is 288 cm³/mol. The number of likely N-dealkylation sites (tertiary alicyclic amines) is 2. The van der Waals surface area contributed by atoms with Gasteiger partial charge < -0.3 is 39.9 Å². The molecule has 4 fully saturated rings. The second kappa shape index (κ2) is 20.4. The first-order valence-electron chi connectivity index (χ1n) is 27.1. The lowest BCUT2D eigenvalue weighted by Crippen LogP contribution is -2.53. The Morgan fingerprint density at radius 2 is 1.12 bits per heavy atom. The fraction of sp³-hybridized carbons (Fsp3) is 0.467. The minimum absolute atomic E-state index is 0.0735. The van der Waals surface area contributed by atoms with Crippen LogP contribution in [-0.2, 0) is 31.9 Å². The number of imidazole rings is 2. The van der Waals surface area contributed by atoms with Gasteiger partial charge in [0, 0.05) is 12.1 Å². The van der Waals surface area contributed by atoms with Crippen molar-refractivity contribution in [3.05, 3.63) is 107 Å². The van der Waals surface area contributed by atoms with Crippen LogP contribution in [0.15, 0.2) is 72.8 Å². The summed E-state index contributed by atoms with van der Waals surface area (Å²) in [6, 6.07) is 24.8. The summed E-state index contributed by atoms with van der Waals surface area (Å²) >= 11 is 0. The van der Waals surface area contributed by atoms with Gasteiger partial charge in [-0.3, -0.25) is 9.59 Å². The Morgan fingerprint density at radius 3 is 1.65 bits per heavy atom. The molecular formula is C60H70N8O6. The van der Waals surface area contributed by atoms with Crippen LogP contribution >= 0.6 is 0 Å². The molecule has 2 saturated heterocycles. The number of hydrogen-bond donors (Lipinski definition) is 4. The molecule has 14 heteroatoms. The van der Waals surface area contributed by atoms with Crippen molar-refractivity contribution in [2.45, 2.75) is 141 Å². The molecule has 2 aromatic heterocycles. The lowest BCUT2D eigenvalue weighted by molar-refractivity contribution is -0.139.